The van der Waals surface area contributed by atoms with Crippen molar-refractivity contribution in [1.29, 1.82) is 0 Å². The Morgan fingerprint density at radius 2 is 1.79 bits per heavy atom. The Labute approximate surface area is 116 Å². The van der Waals surface area contributed by atoms with Gasteiger partial charge in [0.2, 0.25) is 0 Å². The van der Waals surface area contributed by atoms with Gasteiger partial charge in [-0.3, -0.25) is 0 Å². The van der Waals surface area contributed by atoms with Crippen molar-refractivity contribution in [2.45, 2.75) is 52.2 Å². The van der Waals surface area contributed by atoms with Gasteiger partial charge in [-0.25, -0.2) is 4.39 Å². The van der Waals surface area contributed by atoms with E-state index in [1.807, 2.05) is 6.92 Å². The summed E-state index contributed by atoms with van der Waals surface area (Å²) in [6.45, 7) is 8.74. The van der Waals surface area contributed by atoms with Crippen LogP contribution in [0.3, 0.4) is 0 Å². The van der Waals surface area contributed by atoms with Crippen LogP contribution in [0.2, 0.25) is 0 Å². The van der Waals surface area contributed by atoms with Crippen molar-refractivity contribution in [2.75, 3.05) is 6.54 Å². The molecule has 0 saturated carbocycles. The van der Waals surface area contributed by atoms with Crippen LogP contribution in [0.5, 0.6) is 0 Å². The molecule has 2 unspecified atom stereocenters. The highest BCUT2D eigenvalue weighted by molar-refractivity contribution is 5.17. The van der Waals surface area contributed by atoms with Crippen LogP contribution in [0.25, 0.3) is 0 Å². The van der Waals surface area contributed by atoms with E-state index < -0.39 is 5.60 Å². The molecule has 2 atom stereocenters. The average Bonchev–Trinajstić information content (AvgIpc) is 2.28. The zero-order valence-electron chi connectivity index (χ0n) is 12.4. The van der Waals surface area contributed by atoms with Gasteiger partial charge in [0, 0.05) is 12.6 Å². The largest absolute Gasteiger partial charge is 0.389 e. The minimum Gasteiger partial charge on any atom is -0.389 e. The summed E-state index contributed by atoms with van der Waals surface area (Å²) in [5, 5.41) is 13.6. The Bertz CT molecular complexity index is 373. The summed E-state index contributed by atoms with van der Waals surface area (Å²) in [6.07, 6.45) is 1.61. The van der Waals surface area contributed by atoms with Crippen molar-refractivity contribution in [3.63, 3.8) is 0 Å². The van der Waals surface area contributed by atoms with Crippen molar-refractivity contribution in [2.24, 2.45) is 5.92 Å². The number of rotatable bonds is 7. The van der Waals surface area contributed by atoms with Gasteiger partial charge in [-0.15, -0.1) is 0 Å². The van der Waals surface area contributed by atoms with Crippen LogP contribution in [0.15, 0.2) is 24.3 Å². The smallest absolute Gasteiger partial charge is 0.123 e. The third kappa shape index (κ3) is 6.69. The molecular formula is C16H26FNO. The number of hydrogen-bond acceptors (Lipinski definition) is 2. The summed E-state index contributed by atoms with van der Waals surface area (Å²) in [7, 11) is 0. The van der Waals surface area contributed by atoms with Gasteiger partial charge in [0.25, 0.3) is 0 Å². The van der Waals surface area contributed by atoms with Gasteiger partial charge in [0.1, 0.15) is 5.82 Å². The molecule has 0 aliphatic rings. The molecule has 0 heterocycles. The highest BCUT2D eigenvalue weighted by Gasteiger charge is 2.22. The predicted molar refractivity (Wildman–Crippen MR) is 77.6 cm³/mol. The quantitative estimate of drug-likeness (QED) is 0.795. The second-order valence-electron chi connectivity index (χ2n) is 6.21. The van der Waals surface area contributed by atoms with Gasteiger partial charge in [0.15, 0.2) is 0 Å². The fraction of sp³-hybridized carbons (Fsp3) is 0.625. The minimum absolute atomic E-state index is 0.204. The van der Waals surface area contributed by atoms with Crippen molar-refractivity contribution in [1.82, 2.24) is 5.32 Å². The lowest BCUT2D eigenvalue weighted by atomic mass is 9.94. The number of halogens is 1. The zero-order chi connectivity index (χ0) is 14.5. The lowest BCUT2D eigenvalue weighted by Crippen LogP contribution is -2.43. The minimum atomic E-state index is -0.675. The molecule has 0 amide bonds. The van der Waals surface area contributed by atoms with Crippen molar-refractivity contribution in [3.8, 4) is 0 Å². The summed E-state index contributed by atoms with van der Waals surface area (Å²) in [6, 6.07) is 6.83. The summed E-state index contributed by atoms with van der Waals surface area (Å²) < 4.78 is 12.8. The molecule has 108 valence electrons. The number of nitrogens with one attached hydrogen (secondary N) is 1. The molecular weight excluding hydrogens is 241 g/mol. The molecule has 2 nitrogen and oxygen atoms in total. The maximum absolute atomic E-state index is 12.8. The second-order valence-corrected chi connectivity index (χ2v) is 6.21. The molecule has 2 N–H and O–H groups in total. The fourth-order valence-electron chi connectivity index (χ4n) is 2.39. The van der Waals surface area contributed by atoms with Crippen LogP contribution in [0, 0.1) is 11.7 Å². The van der Waals surface area contributed by atoms with E-state index in [0.717, 1.165) is 18.4 Å². The Morgan fingerprint density at radius 1 is 1.21 bits per heavy atom. The van der Waals surface area contributed by atoms with E-state index in [1.165, 1.54) is 12.1 Å². The molecule has 3 heteroatoms. The third-order valence-electron chi connectivity index (χ3n) is 3.13. The predicted octanol–water partition coefficient (Wildman–Crippen LogP) is 3.14. The summed E-state index contributed by atoms with van der Waals surface area (Å²) in [5.41, 5.74) is 0.426. The SMILES string of the molecule is CC(C)CC(C)(O)CNC(C)Cc1ccc(F)cc1. The molecule has 1 aromatic rings. The normalized spacial score (nSPS) is 16.4. The molecule has 0 aliphatic carbocycles. The number of benzene rings is 1. The van der Waals surface area contributed by atoms with E-state index in [4.69, 9.17) is 0 Å². The maximum Gasteiger partial charge on any atom is 0.123 e. The first kappa shape index (κ1) is 16.1. The van der Waals surface area contributed by atoms with Crippen LogP contribution < -0.4 is 5.32 Å². The summed E-state index contributed by atoms with van der Waals surface area (Å²) in [4.78, 5) is 0. The molecule has 0 saturated heterocycles. The van der Waals surface area contributed by atoms with Crippen LogP contribution >= 0.6 is 0 Å². The molecule has 0 bridgehead atoms. The van der Waals surface area contributed by atoms with Crippen molar-refractivity contribution in [3.05, 3.63) is 35.6 Å². The molecule has 19 heavy (non-hydrogen) atoms. The highest BCUT2D eigenvalue weighted by atomic mass is 19.1. The topological polar surface area (TPSA) is 32.3 Å². The average molecular weight is 267 g/mol. The molecule has 0 aromatic heterocycles. The van der Waals surface area contributed by atoms with Crippen LogP contribution in [-0.4, -0.2) is 23.3 Å². The van der Waals surface area contributed by atoms with Crippen molar-refractivity contribution < 1.29 is 9.50 Å². The standard InChI is InChI=1S/C16H26FNO/c1-12(2)10-16(4,19)11-18-13(3)9-14-5-7-15(17)8-6-14/h5-8,12-13,18-19H,9-11H2,1-4H3. The van der Waals surface area contributed by atoms with E-state index in [9.17, 15) is 9.50 Å². The van der Waals surface area contributed by atoms with Crippen LogP contribution in [-0.2, 0) is 6.42 Å². The summed E-state index contributed by atoms with van der Waals surface area (Å²) in [5.74, 6) is 0.272. The number of hydrogen-bond donors (Lipinski definition) is 2. The molecule has 0 radical (unpaired) electrons. The lowest BCUT2D eigenvalue weighted by molar-refractivity contribution is 0.0364. The Morgan fingerprint density at radius 3 is 2.32 bits per heavy atom. The van der Waals surface area contributed by atoms with E-state index in [1.54, 1.807) is 12.1 Å². The van der Waals surface area contributed by atoms with Crippen LogP contribution in [0.1, 0.15) is 39.7 Å². The van der Waals surface area contributed by atoms with Crippen molar-refractivity contribution >= 4 is 0 Å². The highest BCUT2D eigenvalue weighted by Crippen LogP contribution is 2.15. The summed E-state index contributed by atoms with van der Waals surface area (Å²) >= 11 is 0. The van der Waals surface area contributed by atoms with E-state index in [2.05, 4.69) is 26.1 Å². The Hall–Kier alpha value is -0.930. The van der Waals surface area contributed by atoms with Gasteiger partial charge in [-0.05, 0) is 50.3 Å². The molecule has 1 rings (SSSR count). The monoisotopic (exact) mass is 267 g/mol. The lowest BCUT2D eigenvalue weighted by Gasteiger charge is -2.27. The van der Waals surface area contributed by atoms with Gasteiger partial charge < -0.3 is 10.4 Å². The van der Waals surface area contributed by atoms with Gasteiger partial charge >= 0.3 is 0 Å². The molecule has 1 aromatic carbocycles. The zero-order valence-corrected chi connectivity index (χ0v) is 12.4. The maximum atomic E-state index is 12.8. The fourth-order valence-corrected chi connectivity index (χ4v) is 2.39. The van der Waals surface area contributed by atoms with Gasteiger partial charge in [0.05, 0.1) is 5.60 Å². The first-order chi connectivity index (χ1) is 8.78. The Balaban J connectivity index is 2.39. The van der Waals surface area contributed by atoms with Gasteiger partial charge in [-0.1, -0.05) is 26.0 Å². The third-order valence-corrected chi connectivity index (χ3v) is 3.13. The number of aliphatic hydroxyl groups is 1. The second kappa shape index (κ2) is 7.01. The van der Waals surface area contributed by atoms with E-state index in [0.29, 0.717) is 12.5 Å². The van der Waals surface area contributed by atoms with E-state index in [-0.39, 0.29) is 11.9 Å². The first-order valence-corrected chi connectivity index (χ1v) is 6.99. The van der Waals surface area contributed by atoms with Crippen LogP contribution in [0.4, 0.5) is 4.39 Å². The van der Waals surface area contributed by atoms with E-state index >= 15 is 0 Å². The molecule has 0 aliphatic heterocycles. The molecule has 0 fully saturated rings. The first-order valence-electron chi connectivity index (χ1n) is 6.99. The van der Waals surface area contributed by atoms with Gasteiger partial charge in [-0.2, -0.15) is 0 Å². The molecule has 0 spiro atoms. The Kier molecular flexibility index (Phi) is 5.95.